The van der Waals surface area contributed by atoms with E-state index in [2.05, 4.69) is 34.4 Å². The van der Waals surface area contributed by atoms with Crippen molar-refractivity contribution < 1.29 is 4.74 Å². The monoisotopic (exact) mass is 283 g/mol. The van der Waals surface area contributed by atoms with Crippen LogP contribution >= 0.6 is 11.3 Å². The maximum Gasteiger partial charge on any atom is 0.107 e. The first-order valence-electron chi connectivity index (χ1n) is 7.29. The van der Waals surface area contributed by atoms with Crippen molar-refractivity contribution >= 4 is 11.3 Å². The minimum Gasteiger partial charge on any atom is -0.378 e. The van der Waals surface area contributed by atoms with Gasteiger partial charge in [0.05, 0.1) is 11.8 Å². The standard InChI is InChI=1S/C14H25N3OS/c1-3-15-9-14-16-12(11-19-14)10-17-7-5-13(6-8-17)18-4-2/h11,13,15H,3-10H2,1-2H3. The number of hydrogen-bond acceptors (Lipinski definition) is 5. The highest BCUT2D eigenvalue weighted by Crippen LogP contribution is 2.17. The molecule has 2 rings (SSSR count). The van der Waals surface area contributed by atoms with Crippen molar-refractivity contribution in [3.05, 3.63) is 16.1 Å². The number of hydrogen-bond donors (Lipinski definition) is 1. The van der Waals surface area contributed by atoms with E-state index in [0.717, 1.165) is 52.2 Å². The van der Waals surface area contributed by atoms with Gasteiger partial charge in [0, 0.05) is 38.2 Å². The molecule has 0 spiro atoms. The van der Waals surface area contributed by atoms with E-state index in [1.165, 1.54) is 10.7 Å². The fourth-order valence-electron chi connectivity index (χ4n) is 2.43. The number of nitrogens with one attached hydrogen (secondary N) is 1. The number of rotatable bonds is 7. The van der Waals surface area contributed by atoms with Crippen molar-refractivity contribution in [1.29, 1.82) is 0 Å². The average molecular weight is 283 g/mol. The molecule has 1 saturated heterocycles. The quantitative estimate of drug-likeness (QED) is 0.833. The second-order valence-electron chi connectivity index (χ2n) is 4.94. The van der Waals surface area contributed by atoms with Crippen LogP contribution in [-0.2, 0) is 17.8 Å². The van der Waals surface area contributed by atoms with Gasteiger partial charge < -0.3 is 10.1 Å². The second kappa shape index (κ2) is 7.94. The fourth-order valence-corrected chi connectivity index (χ4v) is 3.19. The summed E-state index contributed by atoms with van der Waals surface area (Å²) in [5.41, 5.74) is 1.22. The molecule has 1 aliphatic heterocycles. The third-order valence-electron chi connectivity index (χ3n) is 3.45. The Balaban J connectivity index is 1.74. The molecule has 1 fully saturated rings. The van der Waals surface area contributed by atoms with Gasteiger partial charge in [0.2, 0.25) is 0 Å². The van der Waals surface area contributed by atoms with E-state index in [1.54, 1.807) is 11.3 Å². The molecule has 1 aliphatic rings. The molecule has 1 aromatic heterocycles. The Hall–Kier alpha value is -0.490. The summed E-state index contributed by atoms with van der Waals surface area (Å²) in [6.07, 6.45) is 2.78. The molecule has 5 heteroatoms. The number of nitrogens with zero attached hydrogens (tertiary/aromatic N) is 2. The van der Waals surface area contributed by atoms with Gasteiger partial charge in [0.15, 0.2) is 0 Å². The van der Waals surface area contributed by atoms with Gasteiger partial charge in [-0.05, 0) is 26.3 Å². The lowest BCUT2D eigenvalue weighted by molar-refractivity contribution is 0.0123. The fraction of sp³-hybridized carbons (Fsp3) is 0.786. The first-order valence-corrected chi connectivity index (χ1v) is 8.17. The van der Waals surface area contributed by atoms with Gasteiger partial charge in [-0.1, -0.05) is 6.92 Å². The topological polar surface area (TPSA) is 37.4 Å². The van der Waals surface area contributed by atoms with Gasteiger partial charge in [-0.15, -0.1) is 11.3 Å². The molecule has 4 nitrogen and oxygen atoms in total. The first-order chi connectivity index (χ1) is 9.31. The van der Waals surface area contributed by atoms with Crippen LogP contribution in [-0.4, -0.2) is 42.2 Å². The molecule has 0 aromatic carbocycles. The summed E-state index contributed by atoms with van der Waals surface area (Å²) >= 11 is 1.76. The summed E-state index contributed by atoms with van der Waals surface area (Å²) in [6.45, 7) is 10.2. The highest BCUT2D eigenvalue weighted by atomic mass is 32.1. The van der Waals surface area contributed by atoms with E-state index in [9.17, 15) is 0 Å². The van der Waals surface area contributed by atoms with Gasteiger partial charge >= 0.3 is 0 Å². The Morgan fingerprint density at radius 2 is 2.21 bits per heavy atom. The molecule has 0 amide bonds. The number of aromatic nitrogens is 1. The molecule has 0 saturated carbocycles. The lowest BCUT2D eigenvalue weighted by atomic mass is 10.1. The van der Waals surface area contributed by atoms with Crippen LogP contribution < -0.4 is 5.32 Å². The molecule has 108 valence electrons. The van der Waals surface area contributed by atoms with E-state index in [-0.39, 0.29) is 0 Å². The highest BCUT2D eigenvalue weighted by Gasteiger charge is 2.19. The smallest absolute Gasteiger partial charge is 0.107 e. The SMILES string of the molecule is CCNCc1nc(CN2CCC(OCC)CC2)cs1. The van der Waals surface area contributed by atoms with Gasteiger partial charge in [-0.2, -0.15) is 0 Å². The van der Waals surface area contributed by atoms with Crippen LogP contribution in [0.1, 0.15) is 37.4 Å². The molecule has 19 heavy (non-hydrogen) atoms. The summed E-state index contributed by atoms with van der Waals surface area (Å²) in [7, 11) is 0. The molecule has 0 unspecified atom stereocenters. The van der Waals surface area contributed by atoms with Crippen molar-refractivity contribution in [2.24, 2.45) is 0 Å². The minimum absolute atomic E-state index is 0.473. The van der Waals surface area contributed by atoms with E-state index >= 15 is 0 Å². The normalized spacial score (nSPS) is 18.0. The van der Waals surface area contributed by atoms with Crippen molar-refractivity contribution in [2.45, 2.75) is 45.9 Å². The predicted molar refractivity (Wildman–Crippen MR) is 79.4 cm³/mol. The number of likely N-dealkylation sites (tertiary alicyclic amines) is 1. The average Bonchev–Trinajstić information content (AvgIpc) is 2.87. The number of piperidine rings is 1. The summed E-state index contributed by atoms with van der Waals surface area (Å²) in [5.74, 6) is 0. The third-order valence-corrected chi connectivity index (χ3v) is 4.35. The van der Waals surface area contributed by atoms with Crippen LogP contribution in [0.3, 0.4) is 0 Å². The number of thiazole rings is 1. The van der Waals surface area contributed by atoms with Gasteiger partial charge in [-0.3, -0.25) is 4.90 Å². The Kier molecular flexibility index (Phi) is 6.23. The molecule has 1 N–H and O–H groups in total. The van der Waals surface area contributed by atoms with Crippen molar-refractivity contribution in [3.63, 3.8) is 0 Å². The van der Waals surface area contributed by atoms with E-state index < -0.39 is 0 Å². The Bertz CT molecular complexity index is 361. The largest absolute Gasteiger partial charge is 0.378 e. The molecule has 0 atom stereocenters. The van der Waals surface area contributed by atoms with E-state index in [0.29, 0.717) is 6.10 Å². The molecule has 0 bridgehead atoms. The van der Waals surface area contributed by atoms with Gasteiger partial charge in [-0.25, -0.2) is 4.98 Å². The van der Waals surface area contributed by atoms with Crippen LogP contribution in [0, 0.1) is 0 Å². The summed E-state index contributed by atoms with van der Waals surface area (Å²) in [4.78, 5) is 7.17. The second-order valence-corrected chi connectivity index (χ2v) is 5.89. The lowest BCUT2D eigenvalue weighted by Crippen LogP contribution is -2.36. The lowest BCUT2D eigenvalue weighted by Gasteiger charge is -2.31. The highest BCUT2D eigenvalue weighted by molar-refractivity contribution is 7.09. The molecule has 0 radical (unpaired) electrons. The number of ether oxygens (including phenoxy) is 1. The van der Waals surface area contributed by atoms with Crippen LogP contribution in [0.25, 0.3) is 0 Å². The van der Waals surface area contributed by atoms with Crippen molar-refractivity contribution in [3.8, 4) is 0 Å². The summed E-state index contributed by atoms with van der Waals surface area (Å²) in [5, 5.41) is 6.71. The zero-order valence-corrected chi connectivity index (χ0v) is 12.8. The van der Waals surface area contributed by atoms with Crippen molar-refractivity contribution in [2.75, 3.05) is 26.2 Å². The van der Waals surface area contributed by atoms with Crippen LogP contribution in [0.15, 0.2) is 5.38 Å². The molecule has 0 aliphatic carbocycles. The first kappa shape index (κ1) is 14.9. The predicted octanol–water partition coefficient (Wildman–Crippen LogP) is 2.25. The van der Waals surface area contributed by atoms with E-state index in [4.69, 9.17) is 4.74 Å². The minimum atomic E-state index is 0.473. The molecular formula is C14H25N3OS. The zero-order chi connectivity index (χ0) is 13.5. The van der Waals surface area contributed by atoms with Gasteiger partial charge in [0.25, 0.3) is 0 Å². The van der Waals surface area contributed by atoms with Crippen LogP contribution in [0.5, 0.6) is 0 Å². The molecular weight excluding hydrogens is 258 g/mol. The third kappa shape index (κ3) is 4.84. The summed E-state index contributed by atoms with van der Waals surface area (Å²) < 4.78 is 5.68. The summed E-state index contributed by atoms with van der Waals surface area (Å²) in [6, 6.07) is 0. The van der Waals surface area contributed by atoms with Crippen LogP contribution in [0.4, 0.5) is 0 Å². The molecule has 2 heterocycles. The van der Waals surface area contributed by atoms with Crippen LogP contribution in [0.2, 0.25) is 0 Å². The van der Waals surface area contributed by atoms with Gasteiger partial charge in [0.1, 0.15) is 5.01 Å². The maximum absolute atomic E-state index is 5.68. The maximum atomic E-state index is 5.68. The Morgan fingerprint density at radius 1 is 1.42 bits per heavy atom. The Morgan fingerprint density at radius 3 is 2.89 bits per heavy atom. The zero-order valence-electron chi connectivity index (χ0n) is 12.0. The van der Waals surface area contributed by atoms with Crippen molar-refractivity contribution in [1.82, 2.24) is 15.2 Å². The Labute approximate surface area is 120 Å². The van der Waals surface area contributed by atoms with E-state index in [1.807, 2.05) is 0 Å². The molecule has 1 aromatic rings.